The maximum Gasteiger partial charge on any atom is 0.115 e. The lowest BCUT2D eigenvalue weighted by molar-refractivity contribution is 0.475. The number of hydrogen-bond acceptors (Lipinski definition) is 3. The van der Waals surface area contributed by atoms with Gasteiger partial charge in [0.1, 0.15) is 5.75 Å². The van der Waals surface area contributed by atoms with Crippen molar-refractivity contribution in [3.05, 3.63) is 48.5 Å². The lowest BCUT2D eigenvalue weighted by atomic mass is 10.3. The highest BCUT2D eigenvalue weighted by Gasteiger charge is 2.00. The summed E-state index contributed by atoms with van der Waals surface area (Å²) in [6, 6.07) is 14.8. The Hall–Kier alpha value is -1.61. The van der Waals surface area contributed by atoms with Crippen LogP contribution in [0.5, 0.6) is 5.75 Å². The zero-order valence-electron chi connectivity index (χ0n) is 8.05. The van der Waals surface area contributed by atoms with Crippen LogP contribution in [0.1, 0.15) is 0 Å². The molecule has 76 valence electrons. The average Bonchev–Trinajstić information content (AvgIpc) is 2.25. The molecule has 2 aromatic rings. The molecule has 0 amide bonds. The highest BCUT2D eigenvalue weighted by Crippen LogP contribution is 2.32. The molecule has 0 radical (unpaired) electrons. The minimum atomic E-state index is 0.278. The fourth-order valence-corrected chi connectivity index (χ4v) is 2.07. The number of para-hydroxylation sites is 1. The molecule has 0 aliphatic heterocycles. The molecule has 15 heavy (non-hydrogen) atoms. The van der Waals surface area contributed by atoms with E-state index < -0.39 is 0 Å². The van der Waals surface area contributed by atoms with Gasteiger partial charge >= 0.3 is 0 Å². The maximum absolute atomic E-state index is 9.14. The summed E-state index contributed by atoms with van der Waals surface area (Å²) in [6.45, 7) is 0. The third kappa shape index (κ3) is 2.44. The van der Waals surface area contributed by atoms with Crippen molar-refractivity contribution in [2.75, 3.05) is 5.73 Å². The quantitative estimate of drug-likeness (QED) is 0.760. The van der Waals surface area contributed by atoms with Crippen LogP contribution in [0.4, 0.5) is 5.69 Å². The highest BCUT2D eigenvalue weighted by atomic mass is 32.2. The number of anilines is 1. The van der Waals surface area contributed by atoms with E-state index in [4.69, 9.17) is 10.8 Å². The van der Waals surface area contributed by atoms with E-state index in [1.807, 2.05) is 36.4 Å². The molecule has 0 heterocycles. The first-order chi connectivity index (χ1) is 7.25. The predicted molar refractivity (Wildman–Crippen MR) is 63.1 cm³/mol. The van der Waals surface area contributed by atoms with Gasteiger partial charge in [0.2, 0.25) is 0 Å². The first kappa shape index (κ1) is 9.93. The maximum atomic E-state index is 9.14. The Morgan fingerprint density at radius 3 is 2.27 bits per heavy atom. The van der Waals surface area contributed by atoms with E-state index >= 15 is 0 Å². The Kier molecular flexibility index (Phi) is 2.83. The van der Waals surface area contributed by atoms with Crippen LogP contribution in [-0.2, 0) is 0 Å². The molecule has 2 nitrogen and oxygen atoms in total. The van der Waals surface area contributed by atoms with Crippen LogP contribution in [0.3, 0.4) is 0 Å². The zero-order valence-corrected chi connectivity index (χ0v) is 8.87. The first-order valence-corrected chi connectivity index (χ1v) is 5.39. The molecule has 0 saturated heterocycles. The minimum Gasteiger partial charge on any atom is -0.508 e. The molecule has 0 aliphatic carbocycles. The first-order valence-electron chi connectivity index (χ1n) is 4.57. The second kappa shape index (κ2) is 4.28. The van der Waals surface area contributed by atoms with Crippen molar-refractivity contribution in [3.8, 4) is 5.75 Å². The molecule has 0 fully saturated rings. The van der Waals surface area contributed by atoms with Gasteiger partial charge in [0.15, 0.2) is 0 Å². The third-order valence-corrected chi connectivity index (χ3v) is 3.08. The summed E-state index contributed by atoms with van der Waals surface area (Å²) >= 11 is 1.59. The molecular formula is C12H11NOS. The van der Waals surface area contributed by atoms with Gasteiger partial charge in [0, 0.05) is 15.5 Å². The summed E-state index contributed by atoms with van der Waals surface area (Å²) in [7, 11) is 0. The summed E-state index contributed by atoms with van der Waals surface area (Å²) in [5, 5.41) is 9.14. The topological polar surface area (TPSA) is 46.2 Å². The summed E-state index contributed by atoms with van der Waals surface area (Å²) in [6.07, 6.45) is 0. The van der Waals surface area contributed by atoms with Crippen LogP contribution in [0.2, 0.25) is 0 Å². The van der Waals surface area contributed by atoms with E-state index in [9.17, 15) is 0 Å². The van der Waals surface area contributed by atoms with Crippen molar-refractivity contribution in [2.45, 2.75) is 9.79 Å². The zero-order chi connectivity index (χ0) is 10.7. The number of nitrogens with two attached hydrogens (primary N) is 1. The Labute approximate surface area is 92.7 Å². The molecule has 0 bridgehead atoms. The van der Waals surface area contributed by atoms with Gasteiger partial charge in [0.05, 0.1) is 0 Å². The van der Waals surface area contributed by atoms with E-state index in [0.717, 1.165) is 15.5 Å². The van der Waals surface area contributed by atoms with Crippen molar-refractivity contribution in [2.24, 2.45) is 0 Å². The van der Waals surface area contributed by atoms with E-state index in [-0.39, 0.29) is 5.75 Å². The van der Waals surface area contributed by atoms with Gasteiger partial charge in [-0.25, -0.2) is 0 Å². The standard InChI is InChI=1S/C12H11NOS/c13-11-3-1-2-4-12(11)15-10-7-5-9(14)6-8-10/h1-8,14H,13H2. The van der Waals surface area contributed by atoms with E-state index in [1.165, 1.54) is 0 Å². The van der Waals surface area contributed by atoms with Gasteiger partial charge < -0.3 is 10.8 Å². The molecule has 0 saturated carbocycles. The van der Waals surface area contributed by atoms with Crippen LogP contribution < -0.4 is 5.73 Å². The molecule has 3 heteroatoms. The Morgan fingerprint density at radius 1 is 0.933 bits per heavy atom. The van der Waals surface area contributed by atoms with Crippen LogP contribution in [-0.4, -0.2) is 5.11 Å². The molecule has 0 aromatic heterocycles. The summed E-state index contributed by atoms with van der Waals surface area (Å²) in [5.41, 5.74) is 6.60. The smallest absolute Gasteiger partial charge is 0.115 e. The second-order valence-electron chi connectivity index (χ2n) is 3.13. The summed E-state index contributed by atoms with van der Waals surface area (Å²) in [5.74, 6) is 0.278. The van der Waals surface area contributed by atoms with Crippen molar-refractivity contribution >= 4 is 17.4 Å². The molecular weight excluding hydrogens is 206 g/mol. The minimum absolute atomic E-state index is 0.278. The van der Waals surface area contributed by atoms with Gasteiger partial charge in [-0.05, 0) is 36.4 Å². The van der Waals surface area contributed by atoms with Crippen LogP contribution in [0.25, 0.3) is 0 Å². The third-order valence-electron chi connectivity index (χ3n) is 1.98. The fraction of sp³-hybridized carbons (Fsp3) is 0. The number of phenolic OH excluding ortho intramolecular Hbond substituents is 1. The normalized spacial score (nSPS) is 10.1. The number of rotatable bonds is 2. The van der Waals surface area contributed by atoms with Crippen LogP contribution >= 0.6 is 11.8 Å². The van der Waals surface area contributed by atoms with Gasteiger partial charge in [0.25, 0.3) is 0 Å². The molecule has 0 spiro atoms. The van der Waals surface area contributed by atoms with Crippen LogP contribution in [0, 0.1) is 0 Å². The average molecular weight is 217 g/mol. The largest absolute Gasteiger partial charge is 0.508 e. The van der Waals surface area contributed by atoms with Gasteiger partial charge in [-0.1, -0.05) is 23.9 Å². The van der Waals surface area contributed by atoms with Crippen LogP contribution in [0.15, 0.2) is 58.3 Å². The van der Waals surface area contributed by atoms with Crippen molar-refractivity contribution < 1.29 is 5.11 Å². The highest BCUT2D eigenvalue weighted by molar-refractivity contribution is 7.99. The SMILES string of the molecule is Nc1ccccc1Sc1ccc(O)cc1. The number of hydrogen-bond donors (Lipinski definition) is 2. The molecule has 3 N–H and O–H groups in total. The monoisotopic (exact) mass is 217 g/mol. The van der Waals surface area contributed by atoms with Gasteiger partial charge in [-0.15, -0.1) is 0 Å². The van der Waals surface area contributed by atoms with Crippen molar-refractivity contribution in [1.82, 2.24) is 0 Å². The summed E-state index contributed by atoms with van der Waals surface area (Å²) < 4.78 is 0. The molecule has 2 aromatic carbocycles. The predicted octanol–water partition coefficient (Wildman–Crippen LogP) is 3.13. The Morgan fingerprint density at radius 2 is 1.60 bits per heavy atom. The lowest BCUT2D eigenvalue weighted by Crippen LogP contribution is -1.86. The number of aromatic hydroxyl groups is 1. The Bertz CT molecular complexity index is 453. The van der Waals surface area contributed by atoms with Crippen molar-refractivity contribution in [1.29, 1.82) is 0 Å². The number of phenols is 1. The fourth-order valence-electron chi connectivity index (χ4n) is 1.21. The molecule has 2 rings (SSSR count). The number of benzene rings is 2. The summed E-state index contributed by atoms with van der Waals surface area (Å²) in [4.78, 5) is 2.09. The second-order valence-corrected chi connectivity index (χ2v) is 4.25. The van der Waals surface area contributed by atoms with E-state index in [1.54, 1.807) is 23.9 Å². The van der Waals surface area contributed by atoms with Gasteiger partial charge in [-0.2, -0.15) is 0 Å². The Balaban J connectivity index is 2.22. The molecule has 0 aliphatic rings. The van der Waals surface area contributed by atoms with Gasteiger partial charge in [-0.3, -0.25) is 0 Å². The molecule has 0 atom stereocenters. The number of nitrogen functional groups attached to an aromatic ring is 1. The van der Waals surface area contributed by atoms with E-state index in [2.05, 4.69) is 0 Å². The van der Waals surface area contributed by atoms with E-state index in [0.29, 0.717) is 0 Å². The lowest BCUT2D eigenvalue weighted by Gasteiger charge is -2.04. The van der Waals surface area contributed by atoms with Crippen molar-refractivity contribution in [3.63, 3.8) is 0 Å². The molecule has 0 unspecified atom stereocenters.